The molecule has 1 aromatic carbocycles. The predicted octanol–water partition coefficient (Wildman–Crippen LogP) is 3.28. The molecule has 0 aliphatic heterocycles. The Hall–Kier alpha value is -1.06. The maximum atomic E-state index is 8.92. The van der Waals surface area contributed by atoms with E-state index in [1.807, 2.05) is 24.3 Å². The molecule has 0 fully saturated rings. The van der Waals surface area contributed by atoms with Gasteiger partial charge in [-0.1, -0.05) is 50.8 Å². The van der Waals surface area contributed by atoms with Gasteiger partial charge in [-0.2, -0.15) is 0 Å². The minimum Gasteiger partial charge on any atom is -0.493 e. The van der Waals surface area contributed by atoms with Gasteiger partial charge in [-0.25, -0.2) is 0 Å². The Morgan fingerprint density at radius 2 is 1.79 bits per heavy atom. The zero-order chi connectivity index (χ0) is 13.9. The lowest BCUT2D eigenvalue weighted by atomic mass is 10.1. The predicted molar refractivity (Wildman–Crippen MR) is 77.2 cm³/mol. The lowest BCUT2D eigenvalue weighted by molar-refractivity contribution is -0.0447. The highest BCUT2D eigenvalue weighted by Gasteiger charge is 2.05. The number of aliphatic hydroxyl groups is 2. The lowest BCUT2D eigenvalue weighted by Gasteiger charge is -2.12. The van der Waals surface area contributed by atoms with Crippen LogP contribution >= 0.6 is 0 Å². The van der Waals surface area contributed by atoms with Crippen LogP contribution in [0.25, 0.3) is 0 Å². The first-order valence-corrected chi connectivity index (χ1v) is 7.31. The summed E-state index contributed by atoms with van der Waals surface area (Å²) in [5.41, 5.74) is 1.05. The number of hydrogen-bond donors (Lipinski definition) is 2. The first kappa shape index (κ1) is 16.0. The van der Waals surface area contributed by atoms with Gasteiger partial charge in [0.05, 0.1) is 6.61 Å². The number of rotatable bonds is 10. The maximum absolute atomic E-state index is 8.92. The Morgan fingerprint density at radius 3 is 2.53 bits per heavy atom. The molecule has 0 atom stereocenters. The summed E-state index contributed by atoms with van der Waals surface area (Å²) < 4.78 is 5.79. The van der Waals surface area contributed by atoms with E-state index in [9.17, 15) is 0 Å². The van der Waals surface area contributed by atoms with Crippen molar-refractivity contribution in [3.8, 4) is 5.75 Å². The molecule has 19 heavy (non-hydrogen) atoms. The van der Waals surface area contributed by atoms with Crippen molar-refractivity contribution in [2.24, 2.45) is 0 Å². The Kier molecular flexibility index (Phi) is 8.26. The molecule has 2 N–H and O–H groups in total. The van der Waals surface area contributed by atoms with Gasteiger partial charge in [-0.05, 0) is 24.5 Å². The van der Waals surface area contributed by atoms with Crippen molar-refractivity contribution in [1.82, 2.24) is 0 Å². The molecule has 108 valence electrons. The van der Waals surface area contributed by atoms with Gasteiger partial charge in [0, 0.05) is 6.42 Å². The third-order valence-corrected chi connectivity index (χ3v) is 3.15. The Bertz CT molecular complexity index is 337. The van der Waals surface area contributed by atoms with Crippen molar-refractivity contribution < 1.29 is 14.9 Å². The van der Waals surface area contributed by atoms with E-state index in [1.165, 1.54) is 25.7 Å². The third-order valence-electron chi connectivity index (χ3n) is 3.15. The van der Waals surface area contributed by atoms with Crippen LogP contribution in [0.15, 0.2) is 24.3 Å². The number of hydrogen-bond acceptors (Lipinski definition) is 3. The summed E-state index contributed by atoms with van der Waals surface area (Å²) in [6.45, 7) is 2.95. The summed E-state index contributed by atoms with van der Waals surface area (Å²) in [6, 6.07) is 7.83. The molecule has 0 unspecified atom stereocenters. The van der Waals surface area contributed by atoms with Crippen molar-refractivity contribution in [1.29, 1.82) is 0 Å². The van der Waals surface area contributed by atoms with Crippen LogP contribution in [0, 0.1) is 0 Å². The van der Waals surface area contributed by atoms with Crippen LogP contribution in [0.2, 0.25) is 0 Å². The Balaban J connectivity index is 2.31. The monoisotopic (exact) mass is 266 g/mol. The second kappa shape index (κ2) is 9.82. The zero-order valence-corrected chi connectivity index (χ0v) is 11.8. The van der Waals surface area contributed by atoms with Gasteiger partial charge in [0.25, 0.3) is 0 Å². The first-order valence-electron chi connectivity index (χ1n) is 7.31. The molecular formula is C16H26O3. The first-order chi connectivity index (χ1) is 9.24. The topological polar surface area (TPSA) is 49.7 Å². The number of para-hydroxylation sites is 1. The molecule has 0 bridgehead atoms. The standard InChI is InChI=1S/C16H26O3/c1-2-3-4-5-8-13-19-15-10-7-6-9-14(15)11-12-16(17)18/h6-7,9-10,16-18H,2-5,8,11-13H2,1H3. The van der Waals surface area contributed by atoms with Gasteiger partial charge >= 0.3 is 0 Å². The summed E-state index contributed by atoms with van der Waals surface area (Å²) in [7, 11) is 0. The van der Waals surface area contributed by atoms with E-state index < -0.39 is 6.29 Å². The number of aliphatic hydroxyl groups excluding tert-OH is 1. The van der Waals surface area contributed by atoms with E-state index in [4.69, 9.17) is 14.9 Å². The summed E-state index contributed by atoms with van der Waals surface area (Å²) >= 11 is 0. The van der Waals surface area contributed by atoms with Gasteiger partial charge in [0.15, 0.2) is 6.29 Å². The fourth-order valence-corrected chi connectivity index (χ4v) is 2.02. The highest BCUT2D eigenvalue weighted by atomic mass is 16.5. The van der Waals surface area contributed by atoms with Crippen LogP contribution in [0.3, 0.4) is 0 Å². The normalized spacial score (nSPS) is 10.9. The second-order valence-electron chi connectivity index (χ2n) is 4.89. The van der Waals surface area contributed by atoms with Crippen molar-refractivity contribution in [3.05, 3.63) is 29.8 Å². The van der Waals surface area contributed by atoms with E-state index in [0.29, 0.717) is 12.8 Å². The van der Waals surface area contributed by atoms with Crippen molar-refractivity contribution in [2.75, 3.05) is 6.61 Å². The third kappa shape index (κ3) is 7.19. The molecule has 0 saturated carbocycles. The van der Waals surface area contributed by atoms with Crippen LogP contribution < -0.4 is 4.74 Å². The van der Waals surface area contributed by atoms with Gasteiger partial charge in [0.2, 0.25) is 0 Å². The zero-order valence-electron chi connectivity index (χ0n) is 11.8. The average molecular weight is 266 g/mol. The largest absolute Gasteiger partial charge is 0.493 e. The Morgan fingerprint density at radius 1 is 1.05 bits per heavy atom. The molecule has 1 rings (SSSR count). The molecular weight excluding hydrogens is 240 g/mol. The van der Waals surface area contributed by atoms with Gasteiger partial charge < -0.3 is 14.9 Å². The fraction of sp³-hybridized carbons (Fsp3) is 0.625. The molecule has 3 heteroatoms. The van der Waals surface area contributed by atoms with E-state index in [2.05, 4.69) is 6.92 Å². The lowest BCUT2D eigenvalue weighted by Crippen LogP contribution is -2.07. The number of aryl methyl sites for hydroxylation is 1. The fourth-order valence-electron chi connectivity index (χ4n) is 2.02. The van der Waals surface area contributed by atoms with E-state index in [0.717, 1.165) is 24.3 Å². The quantitative estimate of drug-likeness (QED) is 0.505. The average Bonchev–Trinajstić information content (AvgIpc) is 2.41. The molecule has 0 radical (unpaired) electrons. The van der Waals surface area contributed by atoms with Gasteiger partial charge in [0.1, 0.15) is 5.75 Å². The molecule has 0 saturated heterocycles. The smallest absolute Gasteiger partial charge is 0.151 e. The molecule has 1 aromatic rings. The molecule has 0 aliphatic carbocycles. The summed E-state index contributed by atoms with van der Waals surface area (Å²) in [6.07, 6.45) is 5.85. The van der Waals surface area contributed by atoms with Gasteiger partial charge in [-0.3, -0.25) is 0 Å². The summed E-state index contributed by atoms with van der Waals surface area (Å²) in [5.74, 6) is 0.874. The van der Waals surface area contributed by atoms with Crippen LogP contribution in [0.5, 0.6) is 5.75 Å². The summed E-state index contributed by atoms with van der Waals surface area (Å²) in [5, 5.41) is 17.8. The summed E-state index contributed by atoms with van der Waals surface area (Å²) in [4.78, 5) is 0. The number of benzene rings is 1. The molecule has 0 amide bonds. The maximum Gasteiger partial charge on any atom is 0.151 e. The minimum absolute atomic E-state index is 0.344. The number of unbranched alkanes of at least 4 members (excludes halogenated alkanes) is 4. The Labute approximate surface area is 116 Å². The van der Waals surface area contributed by atoms with E-state index in [-0.39, 0.29) is 0 Å². The van der Waals surface area contributed by atoms with Crippen LogP contribution in [-0.2, 0) is 6.42 Å². The van der Waals surface area contributed by atoms with E-state index >= 15 is 0 Å². The van der Waals surface area contributed by atoms with Crippen molar-refractivity contribution in [2.45, 2.75) is 58.2 Å². The SMILES string of the molecule is CCCCCCCOc1ccccc1CCC(O)O. The molecule has 0 spiro atoms. The minimum atomic E-state index is -1.25. The van der Waals surface area contributed by atoms with Crippen LogP contribution in [0.1, 0.15) is 51.0 Å². The van der Waals surface area contributed by atoms with E-state index in [1.54, 1.807) is 0 Å². The molecule has 0 aliphatic rings. The second-order valence-corrected chi connectivity index (χ2v) is 4.89. The molecule has 3 nitrogen and oxygen atoms in total. The van der Waals surface area contributed by atoms with Crippen molar-refractivity contribution in [3.63, 3.8) is 0 Å². The molecule has 0 heterocycles. The van der Waals surface area contributed by atoms with Crippen molar-refractivity contribution >= 4 is 0 Å². The van der Waals surface area contributed by atoms with Crippen LogP contribution in [0.4, 0.5) is 0 Å². The highest BCUT2D eigenvalue weighted by molar-refractivity contribution is 5.33. The van der Waals surface area contributed by atoms with Crippen LogP contribution in [-0.4, -0.2) is 23.1 Å². The number of ether oxygens (including phenoxy) is 1. The molecule has 0 aromatic heterocycles. The highest BCUT2D eigenvalue weighted by Crippen LogP contribution is 2.20. The van der Waals surface area contributed by atoms with Gasteiger partial charge in [-0.15, -0.1) is 0 Å².